The number of furan rings is 1. The molecule has 0 aliphatic rings. The minimum atomic E-state index is 0.990. The van der Waals surface area contributed by atoms with Gasteiger partial charge in [-0.15, -0.1) is 0 Å². The first kappa shape index (κ1) is 15.3. The Labute approximate surface area is 166 Å². The summed E-state index contributed by atoms with van der Waals surface area (Å²) in [6.07, 6.45) is 1.81. The van der Waals surface area contributed by atoms with Gasteiger partial charge in [0.05, 0.1) is 22.7 Å². The number of pyridine rings is 2. The first-order valence-corrected chi connectivity index (χ1v) is 10.0. The fourth-order valence-electron chi connectivity index (χ4n) is 5.44. The number of para-hydroxylation sites is 1. The van der Waals surface area contributed by atoms with Crippen molar-refractivity contribution in [1.29, 1.82) is 0 Å². The Morgan fingerprint density at radius 3 is 2.48 bits per heavy atom. The van der Waals surface area contributed by atoms with E-state index in [0.29, 0.717) is 0 Å². The normalized spacial score (nSPS) is 12.7. The molecule has 29 heavy (non-hydrogen) atoms. The van der Waals surface area contributed by atoms with Crippen LogP contribution in [0.25, 0.3) is 60.0 Å². The van der Waals surface area contributed by atoms with E-state index in [4.69, 9.17) is 4.42 Å². The van der Waals surface area contributed by atoms with Gasteiger partial charge in [0.25, 0.3) is 0 Å². The molecule has 0 saturated carbocycles. The highest BCUT2D eigenvalue weighted by Crippen LogP contribution is 2.43. The number of fused-ring (bicyclic) bond motifs is 7. The van der Waals surface area contributed by atoms with Crippen molar-refractivity contribution in [2.45, 2.75) is 13.8 Å². The maximum Gasteiger partial charge on any atom is 0.238 e. The van der Waals surface area contributed by atoms with Gasteiger partial charge in [0, 0.05) is 40.1 Å². The molecule has 0 radical (unpaired) electrons. The zero-order valence-corrected chi connectivity index (χ0v) is 16.6. The van der Waals surface area contributed by atoms with Crippen molar-refractivity contribution in [1.82, 2.24) is 4.40 Å². The van der Waals surface area contributed by atoms with Crippen LogP contribution in [0.2, 0.25) is 0 Å². The fraction of sp³-hybridized carbons (Fsp3) is 0.115. The summed E-state index contributed by atoms with van der Waals surface area (Å²) >= 11 is 0. The van der Waals surface area contributed by atoms with E-state index in [1.54, 1.807) is 0 Å². The lowest BCUT2D eigenvalue weighted by atomic mass is 9.95. The molecule has 7 aromatic rings. The Balaban J connectivity index is 2.03. The second-order valence-electron chi connectivity index (χ2n) is 8.17. The predicted molar refractivity (Wildman–Crippen MR) is 119 cm³/mol. The molecule has 4 heterocycles. The van der Waals surface area contributed by atoms with Crippen molar-refractivity contribution in [3.05, 3.63) is 72.1 Å². The van der Waals surface area contributed by atoms with Gasteiger partial charge in [-0.2, -0.15) is 4.57 Å². The molecule has 7 rings (SSSR count). The summed E-state index contributed by atoms with van der Waals surface area (Å²) in [5.74, 6) is 0. The Morgan fingerprint density at radius 1 is 0.793 bits per heavy atom. The highest BCUT2D eigenvalue weighted by molar-refractivity contribution is 6.30. The molecule has 0 N–H and O–H groups in total. The quantitative estimate of drug-likeness (QED) is 0.176. The van der Waals surface area contributed by atoms with Crippen LogP contribution in [-0.2, 0) is 7.05 Å². The molecule has 0 atom stereocenters. The molecule has 0 amide bonds. The van der Waals surface area contributed by atoms with Crippen LogP contribution in [-0.4, -0.2) is 4.40 Å². The molecule has 4 aromatic heterocycles. The molecular weight excluding hydrogens is 356 g/mol. The van der Waals surface area contributed by atoms with Gasteiger partial charge in [0.1, 0.15) is 18.1 Å². The number of rotatable bonds is 0. The Kier molecular flexibility index (Phi) is 2.58. The second kappa shape index (κ2) is 4.87. The predicted octanol–water partition coefficient (Wildman–Crippen LogP) is 6.18. The van der Waals surface area contributed by atoms with Crippen LogP contribution < -0.4 is 4.57 Å². The number of hydrogen-bond acceptors (Lipinski definition) is 1. The topological polar surface area (TPSA) is 21.4 Å². The molecule has 3 heteroatoms. The first-order chi connectivity index (χ1) is 14.2. The molecular formula is C26H19N2O+. The van der Waals surface area contributed by atoms with Gasteiger partial charge in [-0.05, 0) is 30.5 Å². The fourth-order valence-corrected chi connectivity index (χ4v) is 5.44. The number of hydrogen-bond donors (Lipinski definition) is 0. The Morgan fingerprint density at radius 2 is 1.59 bits per heavy atom. The number of aryl methyl sites for hydroxylation is 3. The van der Waals surface area contributed by atoms with E-state index in [1.165, 1.54) is 65.6 Å². The van der Waals surface area contributed by atoms with Gasteiger partial charge in [-0.1, -0.05) is 30.3 Å². The van der Waals surface area contributed by atoms with Gasteiger partial charge >= 0.3 is 0 Å². The monoisotopic (exact) mass is 375 g/mol. The van der Waals surface area contributed by atoms with Crippen LogP contribution in [0.5, 0.6) is 0 Å². The molecule has 3 nitrogen and oxygen atoms in total. The lowest BCUT2D eigenvalue weighted by Gasteiger charge is -2.14. The summed E-state index contributed by atoms with van der Waals surface area (Å²) in [6, 6.07) is 19.8. The van der Waals surface area contributed by atoms with E-state index in [9.17, 15) is 0 Å². The van der Waals surface area contributed by atoms with Gasteiger partial charge in [0.15, 0.2) is 5.69 Å². The molecule has 0 saturated heterocycles. The highest BCUT2D eigenvalue weighted by Gasteiger charge is 2.27. The van der Waals surface area contributed by atoms with Crippen molar-refractivity contribution in [2.75, 3.05) is 0 Å². The summed E-state index contributed by atoms with van der Waals surface area (Å²) in [5, 5.41) is 7.67. The number of aromatic nitrogens is 2. The average molecular weight is 375 g/mol. The average Bonchev–Trinajstić information content (AvgIpc) is 3.35. The lowest BCUT2D eigenvalue weighted by Crippen LogP contribution is -2.33. The summed E-state index contributed by atoms with van der Waals surface area (Å²) in [5.41, 5.74) is 8.53. The SMILES string of the molecule is Cc1c2occc2c2cccc3c2c1c1c2c(cc(C)[n+]1C)c1ccccc1n32. The van der Waals surface area contributed by atoms with Crippen molar-refractivity contribution >= 4 is 60.0 Å². The zero-order chi connectivity index (χ0) is 19.4. The lowest BCUT2D eigenvalue weighted by molar-refractivity contribution is -0.650. The van der Waals surface area contributed by atoms with E-state index in [0.717, 1.165) is 5.58 Å². The van der Waals surface area contributed by atoms with Crippen molar-refractivity contribution < 1.29 is 8.98 Å². The third-order valence-corrected chi connectivity index (χ3v) is 6.80. The summed E-state index contributed by atoms with van der Waals surface area (Å²) < 4.78 is 10.8. The zero-order valence-electron chi connectivity index (χ0n) is 16.6. The van der Waals surface area contributed by atoms with Crippen LogP contribution in [0, 0.1) is 13.8 Å². The van der Waals surface area contributed by atoms with E-state index in [2.05, 4.69) is 84.5 Å². The molecule has 0 spiro atoms. The number of benzene rings is 3. The Bertz CT molecular complexity index is 1780. The van der Waals surface area contributed by atoms with Crippen LogP contribution in [0.4, 0.5) is 0 Å². The van der Waals surface area contributed by atoms with Crippen LogP contribution in [0.3, 0.4) is 0 Å². The second-order valence-corrected chi connectivity index (χ2v) is 8.17. The van der Waals surface area contributed by atoms with Crippen molar-refractivity contribution in [2.24, 2.45) is 7.05 Å². The molecule has 0 bridgehead atoms. The Hall–Kier alpha value is -3.59. The van der Waals surface area contributed by atoms with E-state index in [-0.39, 0.29) is 0 Å². The van der Waals surface area contributed by atoms with Crippen LogP contribution in [0.1, 0.15) is 11.3 Å². The molecule has 0 aliphatic heterocycles. The molecule has 138 valence electrons. The minimum absolute atomic E-state index is 0.990. The first-order valence-electron chi connectivity index (χ1n) is 10.0. The van der Waals surface area contributed by atoms with Crippen molar-refractivity contribution in [3.63, 3.8) is 0 Å². The summed E-state index contributed by atoms with van der Waals surface area (Å²) in [7, 11) is 2.18. The van der Waals surface area contributed by atoms with Gasteiger partial charge < -0.3 is 8.82 Å². The maximum absolute atomic E-state index is 5.96. The van der Waals surface area contributed by atoms with Gasteiger partial charge in [0.2, 0.25) is 5.52 Å². The molecule has 0 aliphatic carbocycles. The van der Waals surface area contributed by atoms with Gasteiger partial charge in [-0.3, -0.25) is 0 Å². The standard InChI is InChI=1S/C26H19N2O/c1-14-13-19-16-7-4-5-9-20(16)28-21-10-6-8-17-18-11-12-29-26(18)15(2)22(23(17)21)25(24(19)28)27(14)3/h4-13H,1-3H3/q+1. The molecule has 3 aromatic carbocycles. The van der Waals surface area contributed by atoms with Crippen LogP contribution in [0.15, 0.2) is 65.3 Å². The summed E-state index contributed by atoms with van der Waals surface area (Å²) in [4.78, 5) is 0. The van der Waals surface area contributed by atoms with Crippen LogP contribution >= 0.6 is 0 Å². The van der Waals surface area contributed by atoms with Gasteiger partial charge in [-0.25, -0.2) is 0 Å². The smallest absolute Gasteiger partial charge is 0.238 e. The number of nitrogens with zero attached hydrogens (tertiary/aromatic N) is 2. The van der Waals surface area contributed by atoms with E-state index >= 15 is 0 Å². The minimum Gasteiger partial charge on any atom is -0.464 e. The van der Waals surface area contributed by atoms with E-state index < -0.39 is 0 Å². The third-order valence-electron chi connectivity index (χ3n) is 6.80. The van der Waals surface area contributed by atoms with E-state index in [1.807, 2.05) is 6.26 Å². The highest BCUT2D eigenvalue weighted by atomic mass is 16.3. The maximum atomic E-state index is 5.96. The molecule has 0 unspecified atom stereocenters. The third kappa shape index (κ3) is 1.60. The summed E-state index contributed by atoms with van der Waals surface area (Å²) in [6.45, 7) is 4.39. The largest absolute Gasteiger partial charge is 0.464 e. The van der Waals surface area contributed by atoms with Crippen molar-refractivity contribution in [3.8, 4) is 0 Å². The molecule has 0 fully saturated rings.